The minimum Gasteiger partial charge on any atom is -0.359 e. The smallest absolute Gasteiger partial charge is 0.243 e. The molecule has 0 aliphatic carbocycles. The van der Waals surface area contributed by atoms with E-state index in [1.54, 1.807) is 16.4 Å². The SMILES string of the molecule is CCc1cc([C@H]2CCCN2S(=O)(=O)c2ccc(CC(C)C)cc2)on1. The highest BCUT2D eigenvalue weighted by atomic mass is 32.2. The maximum Gasteiger partial charge on any atom is 0.243 e. The molecule has 1 aromatic carbocycles. The van der Waals surface area contributed by atoms with Crippen molar-refractivity contribution < 1.29 is 12.9 Å². The second kappa shape index (κ2) is 7.30. The molecule has 1 aromatic heterocycles. The number of hydrogen-bond acceptors (Lipinski definition) is 4. The molecule has 1 saturated heterocycles. The summed E-state index contributed by atoms with van der Waals surface area (Å²) in [6, 6.07) is 8.90. The Morgan fingerprint density at radius 2 is 2.00 bits per heavy atom. The molecule has 0 amide bonds. The third kappa shape index (κ3) is 3.80. The van der Waals surface area contributed by atoms with Crippen LogP contribution in [-0.2, 0) is 22.9 Å². The van der Waals surface area contributed by atoms with Crippen LogP contribution in [0.25, 0.3) is 0 Å². The first kappa shape index (κ1) is 18.1. The highest BCUT2D eigenvalue weighted by Gasteiger charge is 2.38. The van der Waals surface area contributed by atoms with Gasteiger partial charge in [0.15, 0.2) is 5.76 Å². The number of aryl methyl sites for hydroxylation is 1. The van der Waals surface area contributed by atoms with Crippen LogP contribution in [0.3, 0.4) is 0 Å². The first-order valence-electron chi connectivity index (χ1n) is 8.98. The van der Waals surface area contributed by atoms with Crippen molar-refractivity contribution in [2.45, 2.75) is 57.4 Å². The van der Waals surface area contributed by atoms with Crippen LogP contribution in [0.1, 0.15) is 56.7 Å². The number of benzene rings is 1. The summed E-state index contributed by atoms with van der Waals surface area (Å²) in [6.07, 6.45) is 3.32. The number of rotatable bonds is 6. The fourth-order valence-electron chi connectivity index (χ4n) is 3.37. The van der Waals surface area contributed by atoms with Crippen molar-refractivity contribution in [3.63, 3.8) is 0 Å². The van der Waals surface area contributed by atoms with Crippen LogP contribution in [0.5, 0.6) is 0 Å². The predicted octanol–water partition coefficient (Wildman–Crippen LogP) is 3.96. The molecule has 0 N–H and O–H groups in total. The Hall–Kier alpha value is -1.66. The molecule has 1 atom stereocenters. The predicted molar refractivity (Wildman–Crippen MR) is 96.7 cm³/mol. The maximum absolute atomic E-state index is 13.1. The summed E-state index contributed by atoms with van der Waals surface area (Å²) in [7, 11) is -3.53. The van der Waals surface area contributed by atoms with Gasteiger partial charge in [-0.2, -0.15) is 4.31 Å². The van der Waals surface area contributed by atoms with E-state index in [0.29, 0.717) is 23.1 Å². The van der Waals surface area contributed by atoms with Crippen LogP contribution in [0.15, 0.2) is 39.8 Å². The molecule has 1 aliphatic rings. The molecule has 2 aromatic rings. The van der Waals surface area contributed by atoms with E-state index in [9.17, 15) is 8.42 Å². The van der Waals surface area contributed by atoms with Crippen molar-refractivity contribution in [1.29, 1.82) is 0 Å². The molecule has 5 nitrogen and oxygen atoms in total. The number of nitrogens with zero attached hydrogens (tertiary/aromatic N) is 2. The van der Waals surface area contributed by atoms with Crippen molar-refractivity contribution in [3.05, 3.63) is 47.3 Å². The summed E-state index contributed by atoms with van der Waals surface area (Å²) in [5.41, 5.74) is 2.02. The van der Waals surface area contributed by atoms with Gasteiger partial charge in [0.05, 0.1) is 16.6 Å². The summed E-state index contributed by atoms with van der Waals surface area (Å²) in [5, 5.41) is 4.01. The monoisotopic (exact) mass is 362 g/mol. The lowest BCUT2D eigenvalue weighted by molar-refractivity contribution is 0.296. The minimum absolute atomic E-state index is 0.256. The summed E-state index contributed by atoms with van der Waals surface area (Å²) in [4.78, 5) is 0.349. The van der Waals surface area contributed by atoms with Gasteiger partial charge < -0.3 is 4.52 Å². The lowest BCUT2D eigenvalue weighted by Gasteiger charge is -2.22. The Labute approximate surface area is 150 Å². The van der Waals surface area contributed by atoms with E-state index in [1.807, 2.05) is 25.1 Å². The molecule has 136 valence electrons. The molecule has 0 saturated carbocycles. The van der Waals surface area contributed by atoms with Gasteiger partial charge in [-0.05, 0) is 49.3 Å². The Balaban J connectivity index is 1.85. The molecule has 2 heterocycles. The standard InChI is InChI=1S/C19H26N2O3S/c1-4-16-13-19(24-20-16)18-6-5-11-21(18)25(22,23)17-9-7-15(8-10-17)12-14(2)3/h7-10,13-14,18H,4-6,11-12H2,1-3H3/t18-/m1/s1. The van der Waals surface area contributed by atoms with E-state index >= 15 is 0 Å². The van der Waals surface area contributed by atoms with Crippen LogP contribution in [0.2, 0.25) is 0 Å². The van der Waals surface area contributed by atoms with Gasteiger partial charge in [0.2, 0.25) is 10.0 Å². The van der Waals surface area contributed by atoms with Crippen LogP contribution < -0.4 is 0 Å². The van der Waals surface area contributed by atoms with Gasteiger partial charge in [0, 0.05) is 12.6 Å². The second-order valence-corrected chi connectivity index (χ2v) is 8.98. The highest BCUT2D eigenvalue weighted by Crippen LogP contribution is 2.36. The summed E-state index contributed by atoms with van der Waals surface area (Å²) >= 11 is 0. The molecule has 0 unspecified atom stereocenters. The van der Waals surface area contributed by atoms with Crippen LogP contribution in [0, 0.1) is 5.92 Å². The second-order valence-electron chi connectivity index (χ2n) is 7.09. The Bertz CT molecular complexity index is 809. The van der Waals surface area contributed by atoms with Crippen molar-refractivity contribution >= 4 is 10.0 Å². The average molecular weight is 362 g/mol. The normalized spacial score (nSPS) is 19.0. The zero-order chi connectivity index (χ0) is 18.0. The zero-order valence-corrected chi connectivity index (χ0v) is 15.9. The Kier molecular flexibility index (Phi) is 5.29. The van der Waals surface area contributed by atoms with Crippen molar-refractivity contribution in [3.8, 4) is 0 Å². The first-order chi connectivity index (χ1) is 11.9. The number of hydrogen-bond donors (Lipinski definition) is 0. The van der Waals surface area contributed by atoms with E-state index in [-0.39, 0.29) is 6.04 Å². The number of sulfonamides is 1. The van der Waals surface area contributed by atoms with Crippen LogP contribution >= 0.6 is 0 Å². The molecule has 25 heavy (non-hydrogen) atoms. The number of aromatic nitrogens is 1. The molecule has 1 aliphatic heterocycles. The van der Waals surface area contributed by atoms with E-state index in [0.717, 1.165) is 36.9 Å². The molecule has 3 rings (SSSR count). The van der Waals surface area contributed by atoms with E-state index in [2.05, 4.69) is 19.0 Å². The van der Waals surface area contributed by atoms with Gasteiger partial charge in [-0.1, -0.05) is 38.1 Å². The van der Waals surface area contributed by atoms with Gasteiger partial charge in [-0.3, -0.25) is 0 Å². The van der Waals surface area contributed by atoms with Crippen LogP contribution in [-0.4, -0.2) is 24.4 Å². The average Bonchev–Trinajstić information content (AvgIpc) is 3.23. The summed E-state index contributed by atoms with van der Waals surface area (Å²) in [6.45, 7) is 6.83. The van der Waals surface area contributed by atoms with E-state index in [1.165, 1.54) is 0 Å². The quantitative estimate of drug-likeness (QED) is 0.780. The third-order valence-corrected chi connectivity index (χ3v) is 6.57. The van der Waals surface area contributed by atoms with Gasteiger partial charge in [-0.25, -0.2) is 8.42 Å². The molecular weight excluding hydrogens is 336 g/mol. The summed E-state index contributed by atoms with van der Waals surface area (Å²) in [5.74, 6) is 1.19. The Morgan fingerprint density at radius 1 is 1.28 bits per heavy atom. The lowest BCUT2D eigenvalue weighted by Crippen LogP contribution is -2.30. The van der Waals surface area contributed by atoms with Crippen molar-refractivity contribution in [2.24, 2.45) is 5.92 Å². The first-order valence-corrected chi connectivity index (χ1v) is 10.4. The van der Waals surface area contributed by atoms with Gasteiger partial charge >= 0.3 is 0 Å². The molecule has 6 heteroatoms. The van der Waals surface area contributed by atoms with E-state index < -0.39 is 10.0 Å². The molecular formula is C19H26N2O3S. The molecule has 0 spiro atoms. The topological polar surface area (TPSA) is 63.4 Å². The summed E-state index contributed by atoms with van der Waals surface area (Å²) < 4.78 is 33.2. The fraction of sp³-hybridized carbons (Fsp3) is 0.526. The van der Waals surface area contributed by atoms with Crippen molar-refractivity contribution in [2.75, 3.05) is 6.54 Å². The highest BCUT2D eigenvalue weighted by molar-refractivity contribution is 7.89. The van der Waals surface area contributed by atoms with Crippen LogP contribution in [0.4, 0.5) is 0 Å². The molecule has 1 fully saturated rings. The van der Waals surface area contributed by atoms with Crippen molar-refractivity contribution in [1.82, 2.24) is 9.46 Å². The minimum atomic E-state index is -3.53. The van der Waals surface area contributed by atoms with Gasteiger partial charge in [0.1, 0.15) is 0 Å². The third-order valence-electron chi connectivity index (χ3n) is 4.65. The maximum atomic E-state index is 13.1. The zero-order valence-electron chi connectivity index (χ0n) is 15.1. The Morgan fingerprint density at radius 3 is 2.60 bits per heavy atom. The molecule has 0 bridgehead atoms. The molecule has 0 radical (unpaired) electrons. The largest absolute Gasteiger partial charge is 0.359 e. The van der Waals surface area contributed by atoms with Gasteiger partial charge in [0.25, 0.3) is 0 Å². The fourth-order valence-corrected chi connectivity index (χ4v) is 5.03. The lowest BCUT2D eigenvalue weighted by atomic mass is 10.0. The van der Waals surface area contributed by atoms with E-state index in [4.69, 9.17) is 4.52 Å². The van der Waals surface area contributed by atoms with Gasteiger partial charge in [-0.15, -0.1) is 0 Å².